The van der Waals surface area contributed by atoms with Crippen LogP contribution in [-0.2, 0) is 19.7 Å². The number of carboxylic acid groups (broad SMARTS) is 2. The fourth-order valence-corrected chi connectivity index (χ4v) is 5.32. The van der Waals surface area contributed by atoms with Gasteiger partial charge < -0.3 is 42.7 Å². The Hall–Kier alpha value is -1.39. The van der Waals surface area contributed by atoms with E-state index in [1.807, 2.05) is 0 Å². The van der Waals surface area contributed by atoms with Crippen LogP contribution < -0.4 is 17.2 Å². The van der Waals surface area contributed by atoms with Crippen LogP contribution in [0.1, 0.15) is 117 Å². The molecular formula is C28H63N3O10S. The topological polar surface area (TPSA) is 268 Å². The molecule has 0 rings (SSSR count). The van der Waals surface area contributed by atoms with Gasteiger partial charge in [-0.15, -0.1) is 0 Å². The Labute approximate surface area is 254 Å². The molecule has 1 unspecified atom stereocenters. The maximum Gasteiger partial charge on any atom is 0.325 e. The highest BCUT2D eigenvalue weighted by Gasteiger charge is 2.55. The third-order valence-corrected chi connectivity index (χ3v) is 7.54. The summed E-state index contributed by atoms with van der Waals surface area (Å²) >= 11 is 0. The van der Waals surface area contributed by atoms with Crippen molar-refractivity contribution in [3.8, 4) is 0 Å². The van der Waals surface area contributed by atoms with Crippen LogP contribution in [0.4, 0.5) is 0 Å². The molecule has 0 aliphatic rings. The average molecular weight is 634 g/mol. The van der Waals surface area contributed by atoms with Crippen LogP contribution in [0.25, 0.3) is 0 Å². The van der Waals surface area contributed by atoms with Crippen LogP contribution in [0, 0.1) is 5.41 Å². The second kappa shape index (κ2) is 34.1. The van der Waals surface area contributed by atoms with Crippen molar-refractivity contribution in [1.82, 2.24) is 0 Å². The van der Waals surface area contributed by atoms with Gasteiger partial charge in [0.1, 0.15) is 0 Å². The first-order valence-electron chi connectivity index (χ1n) is 15.2. The minimum absolute atomic E-state index is 0.0668. The molecule has 12 N–H and O–H groups in total. The molecule has 0 fully saturated rings. The van der Waals surface area contributed by atoms with Crippen LogP contribution >= 0.6 is 0 Å². The zero-order valence-corrected chi connectivity index (χ0v) is 26.9. The smallest absolute Gasteiger partial charge is 0.325 e. The van der Waals surface area contributed by atoms with Crippen molar-refractivity contribution in [3.05, 3.63) is 0 Å². The number of aliphatic carboxylic acids is 2. The third-order valence-electron chi connectivity index (χ3n) is 6.29. The summed E-state index contributed by atoms with van der Waals surface area (Å²) in [7, 11) is -5.06. The van der Waals surface area contributed by atoms with Crippen molar-refractivity contribution >= 4 is 22.1 Å². The SMILES string of the molecule is CCCCCCCCCC(CCCCCCCCC)(C(=O)O)C(C(=O)O)S(=O)(=O)O.NCCO.NCCO.NCCO. The van der Waals surface area contributed by atoms with Gasteiger partial charge in [0.15, 0.2) is 5.25 Å². The molecule has 14 heteroatoms. The van der Waals surface area contributed by atoms with Gasteiger partial charge in [0.2, 0.25) is 0 Å². The standard InChI is InChI=1S/C22H42O7S.3C2H7NO/c1-3-5-7-9-11-13-15-17-22(21(25)26,19(20(23)24)30(27,28)29)18-16-14-12-10-8-6-4-2;3*3-1-2-4/h19H,3-18H2,1-2H3,(H,23,24)(H,25,26)(H,27,28,29);3*4H,1-3H2. The Morgan fingerprint density at radius 3 is 1.07 bits per heavy atom. The summed E-state index contributed by atoms with van der Waals surface area (Å²) in [5, 5.41) is 40.3. The van der Waals surface area contributed by atoms with E-state index in [1.165, 1.54) is 0 Å². The fraction of sp³-hybridized carbons (Fsp3) is 0.929. The lowest BCUT2D eigenvalue weighted by Gasteiger charge is -2.33. The summed E-state index contributed by atoms with van der Waals surface area (Å²) in [5.41, 5.74) is 12.3. The monoisotopic (exact) mass is 633 g/mol. The Morgan fingerprint density at radius 1 is 0.619 bits per heavy atom. The minimum atomic E-state index is -5.06. The van der Waals surface area contributed by atoms with E-state index in [0.29, 0.717) is 45.3 Å². The van der Waals surface area contributed by atoms with E-state index >= 15 is 0 Å². The minimum Gasteiger partial charge on any atom is -0.481 e. The first-order chi connectivity index (χ1) is 19.9. The first-order valence-corrected chi connectivity index (χ1v) is 16.7. The van der Waals surface area contributed by atoms with Gasteiger partial charge in [-0.2, -0.15) is 8.42 Å². The van der Waals surface area contributed by atoms with E-state index in [4.69, 9.17) is 32.5 Å². The molecule has 0 saturated heterocycles. The van der Waals surface area contributed by atoms with E-state index < -0.39 is 32.7 Å². The summed E-state index contributed by atoms with van der Waals surface area (Å²) in [5.74, 6) is -3.25. The van der Waals surface area contributed by atoms with Crippen LogP contribution in [0.5, 0.6) is 0 Å². The zero-order chi connectivity index (χ0) is 33.3. The molecule has 0 radical (unpaired) electrons. The molecule has 0 heterocycles. The summed E-state index contributed by atoms with van der Waals surface area (Å²) in [6, 6.07) is 0. The average Bonchev–Trinajstić information content (AvgIpc) is 2.95. The van der Waals surface area contributed by atoms with Crippen molar-refractivity contribution in [2.75, 3.05) is 39.5 Å². The number of unbranched alkanes of at least 4 members (excludes halogenated alkanes) is 12. The van der Waals surface area contributed by atoms with Gasteiger partial charge in [-0.25, -0.2) is 0 Å². The number of carboxylic acids is 2. The van der Waals surface area contributed by atoms with Gasteiger partial charge in [-0.1, -0.05) is 104 Å². The number of aliphatic hydroxyl groups excluding tert-OH is 3. The van der Waals surface area contributed by atoms with Gasteiger partial charge in [0.05, 0.1) is 25.2 Å². The van der Waals surface area contributed by atoms with E-state index in [-0.39, 0.29) is 32.7 Å². The number of hydrogen-bond donors (Lipinski definition) is 9. The second-order valence-corrected chi connectivity index (χ2v) is 11.5. The second-order valence-electron chi connectivity index (χ2n) is 9.97. The molecule has 256 valence electrons. The van der Waals surface area contributed by atoms with Gasteiger partial charge in [-0.3, -0.25) is 14.1 Å². The van der Waals surface area contributed by atoms with Crippen molar-refractivity contribution in [2.24, 2.45) is 22.6 Å². The quantitative estimate of drug-likeness (QED) is 0.0579. The Kier molecular flexibility index (Phi) is 38.6. The number of aliphatic hydroxyl groups is 3. The van der Waals surface area contributed by atoms with Crippen molar-refractivity contribution in [1.29, 1.82) is 0 Å². The molecule has 0 saturated carbocycles. The number of hydrogen-bond acceptors (Lipinski definition) is 10. The van der Waals surface area contributed by atoms with Gasteiger partial charge in [0.25, 0.3) is 10.1 Å². The first kappa shape index (κ1) is 47.5. The van der Waals surface area contributed by atoms with Crippen molar-refractivity contribution in [3.63, 3.8) is 0 Å². The molecule has 0 aromatic carbocycles. The molecule has 0 aromatic rings. The lowest BCUT2D eigenvalue weighted by molar-refractivity contribution is -0.156. The molecule has 42 heavy (non-hydrogen) atoms. The molecule has 0 amide bonds. The maximum atomic E-state index is 12.2. The lowest BCUT2D eigenvalue weighted by atomic mass is 9.74. The molecule has 0 aromatic heterocycles. The number of nitrogens with two attached hydrogens (primary N) is 3. The predicted octanol–water partition coefficient (Wildman–Crippen LogP) is 2.49. The molecule has 0 aliphatic carbocycles. The van der Waals surface area contributed by atoms with Crippen LogP contribution in [0.15, 0.2) is 0 Å². The lowest BCUT2D eigenvalue weighted by Crippen LogP contribution is -2.51. The fourth-order valence-electron chi connectivity index (χ4n) is 4.16. The normalized spacial score (nSPS) is 11.6. The van der Waals surface area contributed by atoms with E-state index in [0.717, 1.165) is 64.2 Å². The molecule has 0 spiro atoms. The predicted molar refractivity (Wildman–Crippen MR) is 167 cm³/mol. The highest BCUT2D eigenvalue weighted by Crippen LogP contribution is 2.39. The van der Waals surface area contributed by atoms with E-state index in [1.54, 1.807) is 0 Å². The maximum absolute atomic E-state index is 12.2. The summed E-state index contributed by atoms with van der Waals surface area (Å²) < 4.78 is 33.3. The molecule has 0 aliphatic heterocycles. The van der Waals surface area contributed by atoms with Crippen molar-refractivity contribution in [2.45, 2.75) is 122 Å². The molecule has 1 atom stereocenters. The highest BCUT2D eigenvalue weighted by molar-refractivity contribution is 7.87. The van der Waals surface area contributed by atoms with Crippen LogP contribution in [0.3, 0.4) is 0 Å². The molecular weight excluding hydrogens is 570 g/mol. The van der Waals surface area contributed by atoms with Crippen molar-refractivity contribution < 1.29 is 48.1 Å². The number of rotatable bonds is 23. The van der Waals surface area contributed by atoms with Gasteiger partial charge >= 0.3 is 11.9 Å². The molecule has 13 nitrogen and oxygen atoms in total. The van der Waals surface area contributed by atoms with E-state index in [2.05, 4.69) is 13.8 Å². The van der Waals surface area contributed by atoms with Gasteiger partial charge in [0, 0.05) is 19.6 Å². The molecule has 0 bridgehead atoms. The highest BCUT2D eigenvalue weighted by atomic mass is 32.2. The van der Waals surface area contributed by atoms with Crippen LogP contribution in [-0.4, -0.2) is 95.1 Å². The van der Waals surface area contributed by atoms with Gasteiger partial charge in [-0.05, 0) is 12.8 Å². The largest absolute Gasteiger partial charge is 0.481 e. The summed E-state index contributed by atoms with van der Waals surface area (Å²) in [4.78, 5) is 23.9. The third kappa shape index (κ3) is 28.7. The number of carbonyl (C=O) groups is 2. The van der Waals surface area contributed by atoms with Crippen LogP contribution in [0.2, 0.25) is 0 Å². The van der Waals surface area contributed by atoms with E-state index in [9.17, 15) is 32.8 Å². The Balaban J connectivity index is -0.000000504. The zero-order valence-electron chi connectivity index (χ0n) is 26.1. The summed E-state index contributed by atoms with van der Waals surface area (Å²) in [6.07, 6.45) is 12.7. The Bertz CT molecular complexity index is 664. The Morgan fingerprint density at radius 2 is 0.881 bits per heavy atom. The summed E-state index contributed by atoms with van der Waals surface area (Å²) in [6.45, 7) is 5.65.